The molecule has 0 spiro atoms. The average Bonchev–Trinajstić information content (AvgIpc) is 2.75. The van der Waals surface area contributed by atoms with Crippen LogP contribution < -0.4 is 15.4 Å². The molecule has 0 heterocycles. The van der Waals surface area contributed by atoms with Gasteiger partial charge >= 0.3 is 0 Å². The molecule has 0 aliphatic heterocycles. The molecule has 0 saturated heterocycles. The standard InChI is InChI=1S/C23H21ClN2O3S/c1-29-20-10-6-18(7-11-20)26-23(28)15-30-21-12-8-19(9-13-21)25-22(27)14-16-2-4-17(24)5-3-16/h2-13H,14-15H2,1H3,(H,25,27)(H,26,28). The van der Waals surface area contributed by atoms with Crippen LogP contribution in [0, 0.1) is 0 Å². The van der Waals surface area contributed by atoms with Gasteiger partial charge in [-0.1, -0.05) is 23.7 Å². The van der Waals surface area contributed by atoms with Crippen molar-refractivity contribution in [3.8, 4) is 5.75 Å². The van der Waals surface area contributed by atoms with Gasteiger partial charge in [0.2, 0.25) is 11.8 Å². The SMILES string of the molecule is COc1ccc(NC(=O)CSc2ccc(NC(=O)Cc3ccc(Cl)cc3)cc2)cc1. The van der Waals surface area contributed by atoms with Gasteiger partial charge in [0.1, 0.15) is 5.75 Å². The number of nitrogens with one attached hydrogen (secondary N) is 2. The van der Waals surface area contributed by atoms with Crippen LogP contribution in [0.5, 0.6) is 5.75 Å². The Kier molecular flexibility index (Phi) is 7.76. The van der Waals surface area contributed by atoms with Crippen molar-refractivity contribution in [2.45, 2.75) is 11.3 Å². The van der Waals surface area contributed by atoms with Crippen molar-refractivity contribution >= 4 is 46.6 Å². The Labute approximate surface area is 184 Å². The molecule has 0 unspecified atom stereocenters. The molecule has 5 nitrogen and oxygen atoms in total. The summed E-state index contributed by atoms with van der Waals surface area (Å²) in [4.78, 5) is 25.2. The molecule has 0 radical (unpaired) electrons. The fourth-order valence-corrected chi connectivity index (χ4v) is 3.47. The van der Waals surface area contributed by atoms with Crippen LogP contribution >= 0.6 is 23.4 Å². The first-order valence-corrected chi connectivity index (χ1v) is 10.6. The molecular formula is C23H21ClN2O3S. The summed E-state index contributed by atoms with van der Waals surface area (Å²) in [6, 6.07) is 21.8. The molecule has 3 aromatic carbocycles. The molecule has 0 fully saturated rings. The maximum absolute atomic E-state index is 12.2. The van der Waals surface area contributed by atoms with E-state index in [4.69, 9.17) is 16.3 Å². The van der Waals surface area contributed by atoms with E-state index in [1.807, 2.05) is 36.4 Å². The summed E-state index contributed by atoms with van der Waals surface area (Å²) >= 11 is 7.28. The highest BCUT2D eigenvalue weighted by atomic mass is 35.5. The van der Waals surface area contributed by atoms with Gasteiger partial charge in [0.25, 0.3) is 0 Å². The number of carbonyl (C=O) groups is 2. The lowest BCUT2D eigenvalue weighted by Crippen LogP contribution is -2.14. The molecular weight excluding hydrogens is 420 g/mol. The number of hydrogen-bond acceptors (Lipinski definition) is 4. The number of benzene rings is 3. The van der Waals surface area contributed by atoms with E-state index in [0.717, 1.165) is 21.9 Å². The van der Waals surface area contributed by atoms with Crippen LogP contribution in [-0.2, 0) is 16.0 Å². The van der Waals surface area contributed by atoms with Gasteiger partial charge in [0, 0.05) is 21.3 Å². The van der Waals surface area contributed by atoms with E-state index in [1.54, 1.807) is 43.5 Å². The van der Waals surface area contributed by atoms with Crippen molar-refractivity contribution in [2.75, 3.05) is 23.5 Å². The predicted molar refractivity (Wildman–Crippen MR) is 123 cm³/mol. The first kappa shape index (κ1) is 21.7. The number of rotatable bonds is 8. The number of halogens is 1. The summed E-state index contributed by atoms with van der Waals surface area (Å²) in [7, 11) is 1.60. The minimum Gasteiger partial charge on any atom is -0.497 e. The number of anilines is 2. The zero-order valence-electron chi connectivity index (χ0n) is 16.4. The minimum atomic E-state index is -0.100. The Morgan fingerprint density at radius 3 is 2.00 bits per heavy atom. The summed E-state index contributed by atoms with van der Waals surface area (Å²) in [5, 5.41) is 6.36. The van der Waals surface area contributed by atoms with Crippen molar-refractivity contribution in [1.29, 1.82) is 0 Å². The molecule has 30 heavy (non-hydrogen) atoms. The predicted octanol–water partition coefficient (Wildman–Crippen LogP) is 5.26. The van der Waals surface area contributed by atoms with E-state index in [2.05, 4.69) is 10.6 Å². The smallest absolute Gasteiger partial charge is 0.234 e. The Morgan fingerprint density at radius 2 is 1.40 bits per heavy atom. The van der Waals surface area contributed by atoms with Crippen LogP contribution in [0.3, 0.4) is 0 Å². The Hall–Kier alpha value is -2.96. The molecule has 0 aromatic heterocycles. The number of hydrogen-bond donors (Lipinski definition) is 2. The van der Waals surface area contributed by atoms with Crippen molar-refractivity contribution in [2.24, 2.45) is 0 Å². The van der Waals surface area contributed by atoms with E-state index in [9.17, 15) is 9.59 Å². The van der Waals surface area contributed by atoms with Gasteiger partial charge in [0.05, 0.1) is 19.3 Å². The van der Waals surface area contributed by atoms with Crippen LogP contribution in [0.25, 0.3) is 0 Å². The van der Waals surface area contributed by atoms with Crippen LogP contribution in [0.15, 0.2) is 77.7 Å². The van der Waals surface area contributed by atoms with Crippen LogP contribution in [-0.4, -0.2) is 24.7 Å². The second-order valence-electron chi connectivity index (χ2n) is 6.44. The third-order valence-electron chi connectivity index (χ3n) is 4.16. The van der Waals surface area contributed by atoms with Crippen molar-refractivity contribution in [1.82, 2.24) is 0 Å². The zero-order valence-corrected chi connectivity index (χ0v) is 17.9. The molecule has 2 amide bonds. The molecule has 0 atom stereocenters. The third kappa shape index (κ3) is 6.83. The summed E-state index contributed by atoms with van der Waals surface area (Å²) in [6.07, 6.45) is 0.277. The number of carbonyl (C=O) groups excluding carboxylic acids is 2. The van der Waals surface area contributed by atoms with E-state index in [1.165, 1.54) is 11.8 Å². The second kappa shape index (κ2) is 10.7. The van der Waals surface area contributed by atoms with Crippen molar-refractivity contribution < 1.29 is 14.3 Å². The Bertz CT molecular complexity index is 990. The minimum absolute atomic E-state index is 0.0921. The Morgan fingerprint density at radius 1 is 0.833 bits per heavy atom. The topological polar surface area (TPSA) is 67.4 Å². The summed E-state index contributed by atoms with van der Waals surface area (Å²) < 4.78 is 5.10. The number of amides is 2. The van der Waals surface area contributed by atoms with Gasteiger partial charge in [-0.2, -0.15) is 0 Å². The van der Waals surface area contributed by atoms with E-state index < -0.39 is 0 Å². The number of ether oxygens (including phenoxy) is 1. The number of thioether (sulfide) groups is 1. The second-order valence-corrected chi connectivity index (χ2v) is 7.93. The molecule has 3 rings (SSSR count). The normalized spacial score (nSPS) is 10.3. The zero-order chi connectivity index (χ0) is 21.3. The molecule has 154 valence electrons. The summed E-state index contributed by atoms with van der Waals surface area (Å²) in [6.45, 7) is 0. The maximum Gasteiger partial charge on any atom is 0.234 e. The molecule has 0 aliphatic carbocycles. The van der Waals surface area contributed by atoms with Gasteiger partial charge in [0.15, 0.2) is 0 Å². The quantitative estimate of drug-likeness (QED) is 0.469. The first-order chi connectivity index (χ1) is 14.5. The highest BCUT2D eigenvalue weighted by molar-refractivity contribution is 8.00. The molecule has 0 bridgehead atoms. The van der Waals surface area contributed by atoms with Gasteiger partial charge in [-0.3, -0.25) is 9.59 Å². The van der Waals surface area contributed by atoms with E-state index >= 15 is 0 Å². The van der Waals surface area contributed by atoms with Crippen LogP contribution in [0.2, 0.25) is 5.02 Å². The maximum atomic E-state index is 12.2. The van der Waals surface area contributed by atoms with Crippen molar-refractivity contribution in [3.63, 3.8) is 0 Å². The molecule has 0 saturated carbocycles. The van der Waals surface area contributed by atoms with E-state index in [0.29, 0.717) is 10.7 Å². The highest BCUT2D eigenvalue weighted by Crippen LogP contribution is 2.21. The monoisotopic (exact) mass is 440 g/mol. The number of methoxy groups -OCH3 is 1. The fraction of sp³-hybridized carbons (Fsp3) is 0.130. The van der Waals surface area contributed by atoms with Gasteiger partial charge in [-0.25, -0.2) is 0 Å². The van der Waals surface area contributed by atoms with E-state index in [-0.39, 0.29) is 24.0 Å². The lowest BCUT2D eigenvalue weighted by atomic mass is 10.1. The average molecular weight is 441 g/mol. The Balaban J connectivity index is 1.44. The first-order valence-electron chi connectivity index (χ1n) is 9.23. The molecule has 7 heteroatoms. The summed E-state index contributed by atoms with van der Waals surface area (Å²) in [5.74, 6) is 0.832. The molecule has 3 aromatic rings. The lowest BCUT2D eigenvalue weighted by molar-refractivity contribution is -0.115. The van der Waals surface area contributed by atoms with Gasteiger partial charge in [-0.05, 0) is 66.2 Å². The largest absolute Gasteiger partial charge is 0.497 e. The summed E-state index contributed by atoms with van der Waals surface area (Å²) in [5.41, 5.74) is 2.33. The van der Waals surface area contributed by atoms with Gasteiger partial charge in [-0.15, -0.1) is 11.8 Å². The fourth-order valence-electron chi connectivity index (χ4n) is 2.65. The molecule has 2 N–H and O–H groups in total. The highest BCUT2D eigenvalue weighted by Gasteiger charge is 2.07. The van der Waals surface area contributed by atoms with Gasteiger partial charge < -0.3 is 15.4 Å². The van der Waals surface area contributed by atoms with Crippen molar-refractivity contribution in [3.05, 3.63) is 83.4 Å². The lowest BCUT2D eigenvalue weighted by Gasteiger charge is -2.08. The molecule has 0 aliphatic rings. The third-order valence-corrected chi connectivity index (χ3v) is 5.42. The van der Waals surface area contributed by atoms with Crippen LogP contribution in [0.4, 0.5) is 11.4 Å². The van der Waals surface area contributed by atoms with Crippen LogP contribution in [0.1, 0.15) is 5.56 Å².